The molecule has 0 aromatic heterocycles. The van der Waals surface area contributed by atoms with E-state index in [1.54, 1.807) is 0 Å². The zero-order valence-corrected chi connectivity index (χ0v) is 10.7. The van der Waals surface area contributed by atoms with E-state index in [4.69, 9.17) is 5.11 Å². The third-order valence-electron chi connectivity index (χ3n) is 3.55. The minimum absolute atomic E-state index is 0.190. The highest BCUT2D eigenvalue weighted by Crippen LogP contribution is 2.33. The Morgan fingerprint density at radius 2 is 1.83 bits per heavy atom. The van der Waals surface area contributed by atoms with Crippen LogP contribution in [0.1, 0.15) is 38.5 Å². The number of amides is 2. The van der Waals surface area contributed by atoms with Gasteiger partial charge in [-0.05, 0) is 37.5 Å². The molecule has 18 heavy (non-hydrogen) atoms. The van der Waals surface area contributed by atoms with Gasteiger partial charge in [0.1, 0.15) is 6.54 Å². The zero-order valence-electron chi connectivity index (χ0n) is 10.7. The van der Waals surface area contributed by atoms with Gasteiger partial charge in [-0.25, -0.2) is 4.79 Å². The summed E-state index contributed by atoms with van der Waals surface area (Å²) in [5.41, 5.74) is 0. The van der Waals surface area contributed by atoms with Crippen LogP contribution < -0.4 is 5.32 Å². The first-order valence-corrected chi connectivity index (χ1v) is 6.89. The average molecular weight is 254 g/mol. The predicted molar refractivity (Wildman–Crippen MR) is 67.3 cm³/mol. The van der Waals surface area contributed by atoms with Gasteiger partial charge < -0.3 is 15.3 Å². The lowest BCUT2D eigenvalue weighted by Crippen LogP contribution is -2.44. The van der Waals surface area contributed by atoms with E-state index in [0.29, 0.717) is 19.0 Å². The van der Waals surface area contributed by atoms with Gasteiger partial charge in [0, 0.05) is 13.1 Å². The van der Waals surface area contributed by atoms with Crippen LogP contribution in [0.2, 0.25) is 0 Å². The molecule has 0 heterocycles. The summed E-state index contributed by atoms with van der Waals surface area (Å²) in [4.78, 5) is 24.0. The second-order valence-electron chi connectivity index (χ2n) is 5.54. The summed E-state index contributed by atoms with van der Waals surface area (Å²) in [6, 6.07) is -0.222. The number of rotatable bonds is 8. The molecular formula is C13H22N2O3. The lowest BCUT2D eigenvalue weighted by atomic mass is 10.2. The number of aliphatic carboxylic acids is 1. The lowest BCUT2D eigenvalue weighted by Gasteiger charge is -2.21. The van der Waals surface area contributed by atoms with E-state index >= 15 is 0 Å². The van der Waals surface area contributed by atoms with Crippen LogP contribution in [0, 0.1) is 11.8 Å². The molecule has 0 unspecified atom stereocenters. The van der Waals surface area contributed by atoms with Crippen molar-refractivity contribution in [3.63, 3.8) is 0 Å². The first-order chi connectivity index (χ1) is 8.65. The van der Waals surface area contributed by atoms with E-state index in [0.717, 1.165) is 25.2 Å². The monoisotopic (exact) mass is 254 g/mol. The fourth-order valence-corrected chi connectivity index (χ4v) is 2.10. The Labute approximate surface area is 108 Å². The number of urea groups is 1. The van der Waals surface area contributed by atoms with E-state index < -0.39 is 5.97 Å². The standard InChI is InChI=1S/C13H22N2O3/c16-12(17)9-15(8-11-5-6-11)13(18)14-7-1-2-10-3-4-10/h10-11H,1-9H2,(H,14,18)(H,16,17). The van der Waals surface area contributed by atoms with Crippen molar-refractivity contribution in [1.29, 1.82) is 0 Å². The molecule has 0 aromatic rings. The number of carboxylic acids is 1. The summed E-state index contributed by atoms with van der Waals surface area (Å²) in [6.45, 7) is 1.06. The quantitative estimate of drug-likeness (QED) is 0.647. The summed E-state index contributed by atoms with van der Waals surface area (Å²) in [5, 5.41) is 11.6. The van der Waals surface area contributed by atoms with Gasteiger partial charge in [-0.2, -0.15) is 0 Å². The molecule has 0 radical (unpaired) electrons. The van der Waals surface area contributed by atoms with E-state index in [1.807, 2.05) is 0 Å². The fraction of sp³-hybridized carbons (Fsp3) is 0.846. The van der Waals surface area contributed by atoms with Crippen molar-refractivity contribution in [2.75, 3.05) is 19.6 Å². The highest BCUT2D eigenvalue weighted by atomic mass is 16.4. The first kappa shape index (κ1) is 13.2. The van der Waals surface area contributed by atoms with E-state index in [-0.39, 0.29) is 12.6 Å². The second kappa shape index (κ2) is 6.07. The molecule has 0 spiro atoms. The van der Waals surface area contributed by atoms with Crippen molar-refractivity contribution in [2.24, 2.45) is 11.8 Å². The molecule has 102 valence electrons. The summed E-state index contributed by atoms with van der Waals surface area (Å²) in [7, 11) is 0. The molecule has 2 amide bonds. The van der Waals surface area contributed by atoms with Gasteiger partial charge in [0.2, 0.25) is 0 Å². The zero-order chi connectivity index (χ0) is 13.0. The summed E-state index contributed by atoms with van der Waals surface area (Å²) < 4.78 is 0. The fourth-order valence-electron chi connectivity index (χ4n) is 2.10. The second-order valence-corrected chi connectivity index (χ2v) is 5.54. The third-order valence-corrected chi connectivity index (χ3v) is 3.55. The van der Waals surface area contributed by atoms with Crippen LogP contribution in [0.15, 0.2) is 0 Å². The highest BCUT2D eigenvalue weighted by molar-refractivity contribution is 5.80. The molecule has 2 saturated carbocycles. The maximum absolute atomic E-state index is 11.9. The number of carbonyl (C=O) groups excluding carboxylic acids is 1. The smallest absolute Gasteiger partial charge is 0.323 e. The minimum Gasteiger partial charge on any atom is -0.480 e. The lowest BCUT2D eigenvalue weighted by molar-refractivity contribution is -0.137. The third kappa shape index (κ3) is 4.94. The number of nitrogens with one attached hydrogen (secondary N) is 1. The SMILES string of the molecule is O=C(O)CN(CC1CC1)C(=O)NCCCC1CC1. The molecule has 5 heteroatoms. The van der Waals surface area contributed by atoms with Gasteiger partial charge in [0.05, 0.1) is 0 Å². The summed E-state index contributed by atoms with van der Waals surface area (Å²) in [5.74, 6) is 0.453. The summed E-state index contributed by atoms with van der Waals surface area (Å²) >= 11 is 0. The maximum atomic E-state index is 11.9. The van der Waals surface area contributed by atoms with Crippen LogP contribution in [0.4, 0.5) is 4.79 Å². The number of carboxylic acid groups (broad SMARTS) is 1. The van der Waals surface area contributed by atoms with E-state index in [2.05, 4.69) is 5.32 Å². The number of carbonyl (C=O) groups is 2. The van der Waals surface area contributed by atoms with Crippen LogP contribution in [-0.2, 0) is 4.79 Å². The molecular weight excluding hydrogens is 232 g/mol. The molecule has 2 fully saturated rings. The Morgan fingerprint density at radius 1 is 1.17 bits per heavy atom. The Balaban J connectivity index is 1.65. The highest BCUT2D eigenvalue weighted by Gasteiger charge is 2.28. The molecule has 5 nitrogen and oxygen atoms in total. The first-order valence-electron chi connectivity index (χ1n) is 6.89. The van der Waals surface area contributed by atoms with Gasteiger partial charge in [-0.15, -0.1) is 0 Å². The van der Waals surface area contributed by atoms with Crippen LogP contribution >= 0.6 is 0 Å². The van der Waals surface area contributed by atoms with Gasteiger partial charge in [-0.3, -0.25) is 4.79 Å². The minimum atomic E-state index is -0.941. The Hall–Kier alpha value is -1.26. The normalized spacial score (nSPS) is 18.4. The van der Waals surface area contributed by atoms with Crippen LogP contribution in [0.5, 0.6) is 0 Å². The van der Waals surface area contributed by atoms with Gasteiger partial charge in [0.15, 0.2) is 0 Å². The summed E-state index contributed by atoms with van der Waals surface area (Å²) in [6.07, 6.45) is 7.08. The topological polar surface area (TPSA) is 69.6 Å². The van der Waals surface area contributed by atoms with Gasteiger partial charge in [0.25, 0.3) is 0 Å². The van der Waals surface area contributed by atoms with Crippen molar-refractivity contribution in [2.45, 2.75) is 38.5 Å². The Morgan fingerprint density at radius 3 is 2.39 bits per heavy atom. The number of nitrogens with zero attached hydrogens (tertiary/aromatic N) is 1. The van der Waals surface area contributed by atoms with Crippen LogP contribution in [0.3, 0.4) is 0 Å². The van der Waals surface area contributed by atoms with Crippen LogP contribution in [0.25, 0.3) is 0 Å². The Bertz CT molecular complexity index is 311. The van der Waals surface area contributed by atoms with E-state index in [9.17, 15) is 9.59 Å². The van der Waals surface area contributed by atoms with Crippen molar-refractivity contribution >= 4 is 12.0 Å². The molecule has 2 N–H and O–H groups in total. The molecule has 0 aliphatic heterocycles. The van der Waals surface area contributed by atoms with Crippen molar-refractivity contribution in [3.8, 4) is 0 Å². The maximum Gasteiger partial charge on any atom is 0.323 e. The Kier molecular flexibility index (Phi) is 4.44. The van der Waals surface area contributed by atoms with Crippen LogP contribution in [-0.4, -0.2) is 41.6 Å². The van der Waals surface area contributed by atoms with Gasteiger partial charge in [-0.1, -0.05) is 12.8 Å². The number of hydrogen-bond acceptors (Lipinski definition) is 2. The number of hydrogen-bond donors (Lipinski definition) is 2. The molecule has 2 aliphatic rings. The van der Waals surface area contributed by atoms with Gasteiger partial charge >= 0.3 is 12.0 Å². The predicted octanol–water partition coefficient (Wildman–Crippen LogP) is 1.68. The molecule has 0 bridgehead atoms. The molecule has 2 aliphatic carbocycles. The molecule has 2 rings (SSSR count). The molecule has 0 aromatic carbocycles. The largest absolute Gasteiger partial charge is 0.480 e. The average Bonchev–Trinajstić information content (AvgIpc) is 3.16. The van der Waals surface area contributed by atoms with E-state index in [1.165, 1.54) is 24.2 Å². The van der Waals surface area contributed by atoms with Crippen molar-refractivity contribution in [3.05, 3.63) is 0 Å². The van der Waals surface area contributed by atoms with Crippen molar-refractivity contribution < 1.29 is 14.7 Å². The molecule has 0 atom stereocenters. The molecule has 0 saturated heterocycles. The van der Waals surface area contributed by atoms with Crippen molar-refractivity contribution in [1.82, 2.24) is 10.2 Å².